The molecule has 0 amide bonds. The van der Waals surface area contributed by atoms with Crippen molar-refractivity contribution >= 4 is 99.4 Å². The van der Waals surface area contributed by atoms with Gasteiger partial charge >= 0.3 is 17.0 Å². The minimum Gasteiger partial charge on any atom is -0.456 e. The topological polar surface area (TPSA) is 85.5 Å². The molecule has 139 heavy (non-hydrogen) atoms. The van der Waals surface area contributed by atoms with Gasteiger partial charge in [-0.3, -0.25) is 4.57 Å². The van der Waals surface area contributed by atoms with Gasteiger partial charge in [-0.25, -0.2) is 0 Å². The van der Waals surface area contributed by atoms with E-state index in [9.17, 15) is 0 Å². The van der Waals surface area contributed by atoms with E-state index in [0.717, 1.165) is 141 Å². The Bertz CT molecular complexity index is 10000. The van der Waals surface area contributed by atoms with Crippen LogP contribution in [0.5, 0.6) is 34.5 Å². The quantitative estimate of drug-likeness (QED) is 0.0999. The van der Waals surface area contributed by atoms with Crippen LogP contribution in [0.2, 0.25) is 0 Å². The summed E-state index contributed by atoms with van der Waals surface area (Å²) in [5, 5.41) is 9.83. The van der Waals surface area contributed by atoms with E-state index >= 15 is 0 Å². The number of para-hydroxylation sites is 5. The number of benzene rings is 15. The van der Waals surface area contributed by atoms with Crippen molar-refractivity contribution in [1.82, 2.24) is 32.3 Å². The van der Waals surface area contributed by atoms with Crippen molar-refractivity contribution in [3.63, 3.8) is 0 Å². The second kappa shape index (κ2) is 27.1. The normalized spacial score (nSPS) is 16.2. The van der Waals surface area contributed by atoms with E-state index in [1.165, 1.54) is 98.4 Å². The lowest BCUT2D eigenvalue weighted by molar-refractivity contribution is -0.993. The fourth-order valence-electron chi connectivity index (χ4n) is 24.7. The molecule has 9 aliphatic rings. The van der Waals surface area contributed by atoms with Crippen LogP contribution in [0.1, 0.15) is 61.2 Å². The van der Waals surface area contributed by atoms with Crippen molar-refractivity contribution in [2.45, 2.75) is 17.0 Å². The molecule has 3 spiro atoms. The van der Waals surface area contributed by atoms with Gasteiger partial charge in [0.05, 0.1) is 59.3 Å². The maximum Gasteiger partial charge on any atom is 0.397 e. The van der Waals surface area contributed by atoms with Gasteiger partial charge in [0.25, 0.3) is 17.5 Å². The Morgan fingerprint density at radius 2 is 0.576 bits per heavy atom. The van der Waals surface area contributed by atoms with Gasteiger partial charge < -0.3 is 14.2 Å². The third-order valence-electron chi connectivity index (χ3n) is 30.2. The number of nitrogens with zero attached hydrogens (tertiary/aromatic N) is 13. The fraction of sp³-hybridized carbons (Fsp3) is 0.0244. The zero-order chi connectivity index (χ0) is 90.4. The van der Waals surface area contributed by atoms with Gasteiger partial charge in [0.2, 0.25) is 18.6 Å². The predicted molar refractivity (Wildman–Crippen MR) is 536 cm³/mol. The molecule has 0 saturated heterocycles. The van der Waals surface area contributed by atoms with Crippen LogP contribution < -0.4 is 42.0 Å². The number of rotatable bonds is 4. The van der Waals surface area contributed by atoms with Crippen LogP contribution >= 0.6 is 0 Å². The largest absolute Gasteiger partial charge is 0.456 e. The summed E-state index contributed by atoms with van der Waals surface area (Å²) in [5.74, 6) is 18.9. The summed E-state index contributed by atoms with van der Waals surface area (Å²) in [5.41, 5.74) is 27.5. The summed E-state index contributed by atoms with van der Waals surface area (Å²) in [6.07, 6.45) is 24.5. The molecule has 9 aliphatic heterocycles. The zero-order valence-electron chi connectivity index (χ0n) is 74.2. The van der Waals surface area contributed by atoms with Gasteiger partial charge in [0, 0.05) is 78.5 Å². The van der Waals surface area contributed by atoms with Crippen molar-refractivity contribution < 1.29 is 42.0 Å². The molecule has 0 saturated carbocycles. The molecule has 0 fully saturated rings. The lowest BCUT2D eigenvalue weighted by atomic mass is 9.84. The first-order chi connectivity index (χ1) is 68.9. The van der Waals surface area contributed by atoms with Crippen LogP contribution in [0.4, 0.5) is 0 Å². The molecule has 0 bridgehead atoms. The fourth-order valence-corrected chi connectivity index (χ4v) is 24.7. The summed E-state index contributed by atoms with van der Waals surface area (Å²) < 4.78 is 51.0. The Hall–Kier alpha value is -19.2. The maximum atomic E-state index is 6.80. The van der Waals surface area contributed by atoms with E-state index in [2.05, 4.69) is 492 Å². The van der Waals surface area contributed by atoms with Crippen molar-refractivity contribution in [1.29, 1.82) is 0 Å². The summed E-state index contributed by atoms with van der Waals surface area (Å²) >= 11 is 0. The minimum atomic E-state index is -0.702. The van der Waals surface area contributed by atoms with E-state index < -0.39 is 17.0 Å². The number of hydrogen-bond donors (Lipinski definition) is 0. The SMILES string of the molecule is C(#Cc1cn2[n+](c1)C13c4c(cccc4-2)Oc2ccc4c5ccccc5n(c4c21)-c1cccc[n+]13)c1ccccc1.C(#Cn1c2ccccc2c2ccccc21)c1ccc(-c2cn3[n+](c2)C24c5c(cccc5-3)Oc3ccc5c6ccccc6n(c5c32)-c2cccc[n+]24)cc1.C(=C\c1ccc(-c2cn3[n+](c2)C24c5c(cccc5-3)Oc3ccc5c6ccccc6n(c5c32)-c2cccc[n+]24)cc1)/c1ccccc1. The molecule has 0 N–H and O–H groups in total. The Morgan fingerprint density at radius 3 is 1.01 bits per heavy atom. The van der Waals surface area contributed by atoms with Gasteiger partial charge in [-0.05, 0) is 192 Å². The average Bonchev–Trinajstić information content (AvgIpc) is 1.49. The summed E-state index contributed by atoms with van der Waals surface area (Å²) in [6, 6.07) is 136. The summed E-state index contributed by atoms with van der Waals surface area (Å²) in [4.78, 5) is 0. The summed E-state index contributed by atoms with van der Waals surface area (Å²) in [7, 11) is 0. The van der Waals surface area contributed by atoms with Gasteiger partial charge in [0.1, 0.15) is 90.4 Å². The molecule has 15 aromatic carbocycles. The highest BCUT2D eigenvalue weighted by Gasteiger charge is 2.72. The molecule has 34 rings (SSSR count). The van der Waals surface area contributed by atoms with Crippen molar-refractivity contribution in [3.8, 4) is 115 Å². The van der Waals surface area contributed by atoms with Crippen LogP contribution in [0.3, 0.4) is 0 Å². The van der Waals surface area contributed by atoms with E-state index in [1.807, 2.05) is 36.4 Å². The second-order valence-corrected chi connectivity index (χ2v) is 37.0. The number of aromatic nitrogens is 13. The molecule has 642 valence electrons. The molecular formula is C123H73N13O3+6. The number of hydrogen-bond acceptors (Lipinski definition) is 3. The van der Waals surface area contributed by atoms with Crippen LogP contribution in [-0.2, 0) is 17.0 Å². The third-order valence-corrected chi connectivity index (χ3v) is 30.2. The second-order valence-electron chi connectivity index (χ2n) is 37.0. The highest BCUT2D eigenvalue weighted by molar-refractivity contribution is 6.15. The van der Waals surface area contributed by atoms with Gasteiger partial charge in [-0.2, -0.15) is 27.4 Å². The van der Waals surface area contributed by atoms with Gasteiger partial charge in [-0.15, -0.1) is 14.0 Å². The smallest absolute Gasteiger partial charge is 0.397 e. The van der Waals surface area contributed by atoms with E-state index in [-0.39, 0.29) is 0 Å². The number of fused-ring (bicyclic) bond motifs is 24. The number of pyridine rings is 3. The van der Waals surface area contributed by atoms with Gasteiger partial charge in [0.15, 0.2) is 33.2 Å². The zero-order valence-corrected chi connectivity index (χ0v) is 74.2. The highest BCUT2D eigenvalue weighted by Crippen LogP contribution is 2.60. The van der Waals surface area contributed by atoms with Crippen LogP contribution in [-0.4, -0.2) is 32.3 Å². The van der Waals surface area contributed by atoms with E-state index in [1.54, 1.807) is 0 Å². The molecule has 3 atom stereocenters. The van der Waals surface area contributed by atoms with E-state index in [0.29, 0.717) is 0 Å². The van der Waals surface area contributed by atoms with Crippen molar-refractivity contribution in [2.75, 3.05) is 0 Å². The van der Waals surface area contributed by atoms with Crippen LogP contribution in [0, 0.1) is 23.8 Å². The first-order valence-corrected chi connectivity index (χ1v) is 47.1. The Kier molecular flexibility index (Phi) is 14.5. The molecular weight excluding hydrogens is 1710 g/mol. The molecule has 3 unspecified atom stereocenters. The number of ether oxygens (including phenoxy) is 3. The Labute approximate surface area is 793 Å². The lowest BCUT2D eigenvalue weighted by Gasteiger charge is -2.32. The first kappa shape index (κ1) is 74.4. The third kappa shape index (κ3) is 9.52. The predicted octanol–water partition coefficient (Wildman–Crippen LogP) is 22.4. The van der Waals surface area contributed by atoms with Crippen molar-refractivity contribution in [2.24, 2.45) is 0 Å². The first-order valence-electron chi connectivity index (χ1n) is 47.1. The molecule has 0 radical (unpaired) electrons. The Morgan fingerprint density at radius 1 is 0.237 bits per heavy atom. The lowest BCUT2D eigenvalue weighted by Crippen LogP contribution is -2.76. The molecule has 10 aromatic heterocycles. The monoisotopic (exact) mass is 1780 g/mol. The van der Waals surface area contributed by atoms with Crippen molar-refractivity contribution in [3.05, 3.63) is 493 Å². The molecule has 16 heteroatoms. The Balaban J connectivity index is 0.0000000955. The van der Waals surface area contributed by atoms with E-state index in [4.69, 9.17) is 14.2 Å². The average molecular weight is 1780 g/mol. The highest BCUT2D eigenvalue weighted by atomic mass is 16.5. The van der Waals surface area contributed by atoms with Crippen LogP contribution in [0.15, 0.2) is 432 Å². The minimum absolute atomic E-state index is 0.670. The summed E-state index contributed by atoms with van der Waals surface area (Å²) in [6.45, 7) is 0. The molecule has 19 heterocycles. The molecule has 16 nitrogen and oxygen atoms in total. The molecule has 0 aliphatic carbocycles. The molecule has 25 aromatic rings. The van der Waals surface area contributed by atoms with Crippen LogP contribution in [0.25, 0.3) is 156 Å². The standard InChI is InChI=1S/C47H27N5O.C41H26N4O.C35H20N4O/c1-4-13-37-33(10-1)34-11-2-5-14-38(34)48(37)27-25-30-19-21-31(22-20-30)32-28-50-40-16-9-17-41-44(40)47(51(50)29-32)45-42(53-41)24-23-36-35-12-3-6-15-39(35)52(46(36)45)43-18-7-8-26-49(43)47;1-2-9-27(10-3-1)16-17-28-18-20-29(21-19-28)30-25-43-34-13-8-14-35-38(34)41(44(43)26-30)39-36(46-35)23-22-32-31-11-4-5-12-33(31)45(40(32)39)37-15-6-7-24-42(37)41;1-2-9-23(10-3-1)16-17-24-21-37-28-13-8-14-29-32(28)35(38(37)22-24)33-30(40-29)19-18-26-25-11-4-5-12-27(25)39(34(26)33)31-15-6-7-20-36(31)35/h1-24,26,28-29H;1-26H;1-15,18-22H/q3*+2/b;17-16+;. The van der Waals surface area contributed by atoms with Gasteiger partial charge in [-0.1, -0.05) is 232 Å². The maximum absolute atomic E-state index is 6.80.